The molecule has 7 atom stereocenters. The fraction of sp³-hybridized carbons (Fsp3) is 0.692. The van der Waals surface area contributed by atoms with Crippen LogP contribution in [0.5, 0.6) is 5.75 Å². The average molecular weight is 429 g/mol. The monoisotopic (exact) mass is 428 g/mol. The molecule has 1 aromatic carbocycles. The first-order valence-corrected chi connectivity index (χ1v) is 11.9. The van der Waals surface area contributed by atoms with E-state index in [4.69, 9.17) is 9.47 Å². The number of aliphatic hydroxyl groups is 1. The summed E-state index contributed by atoms with van der Waals surface area (Å²) < 4.78 is 11.4. The van der Waals surface area contributed by atoms with Gasteiger partial charge >= 0.3 is 0 Å². The molecule has 3 aliphatic rings. The van der Waals surface area contributed by atoms with Crippen LogP contribution in [0.25, 0.3) is 0 Å². The van der Waals surface area contributed by atoms with Gasteiger partial charge in [0.1, 0.15) is 12.4 Å². The van der Waals surface area contributed by atoms with Gasteiger partial charge in [-0.1, -0.05) is 24.6 Å². The van der Waals surface area contributed by atoms with Crippen molar-refractivity contribution in [1.29, 1.82) is 0 Å². The lowest BCUT2D eigenvalue weighted by atomic mass is 9.75. The van der Waals surface area contributed by atoms with E-state index in [0.29, 0.717) is 24.6 Å². The molecule has 31 heavy (non-hydrogen) atoms. The number of benzene rings is 1. The number of fused-ring (bicyclic) bond motifs is 3. The van der Waals surface area contributed by atoms with Crippen LogP contribution >= 0.6 is 0 Å². The minimum Gasteiger partial charge on any atom is -0.490 e. The Labute approximate surface area is 188 Å². The van der Waals surface area contributed by atoms with E-state index in [-0.39, 0.29) is 17.7 Å². The van der Waals surface area contributed by atoms with Crippen molar-refractivity contribution >= 4 is 0 Å². The van der Waals surface area contributed by atoms with E-state index in [9.17, 15) is 5.11 Å². The first-order chi connectivity index (χ1) is 14.8. The maximum absolute atomic E-state index is 10.8. The van der Waals surface area contributed by atoms with E-state index in [1.165, 1.54) is 11.1 Å². The molecule has 0 radical (unpaired) electrons. The summed E-state index contributed by atoms with van der Waals surface area (Å²) in [6.07, 6.45) is 5.78. The van der Waals surface area contributed by atoms with Gasteiger partial charge in [0.05, 0.1) is 12.2 Å². The molecule has 4 rings (SSSR count). The lowest BCUT2D eigenvalue weighted by Gasteiger charge is -2.50. The quantitative estimate of drug-likeness (QED) is 0.698. The summed E-state index contributed by atoms with van der Waals surface area (Å²) in [5, 5.41) is 10.8. The highest BCUT2D eigenvalue weighted by Crippen LogP contribution is 2.48. The molecule has 0 amide bonds. The minimum atomic E-state index is -0.364. The van der Waals surface area contributed by atoms with Gasteiger partial charge in [-0.15, -0.1) is 0 Å². The number of hydrogen-bond acceptors (Lipinski definition) is 5. The highest BCUT2D eigenvalue weighted by atomic mass is 16.5. The number of aliphatic hydroxyl groups excluding tert-OH is 1. The third kappa shape index (κ3) is 4.56. The van der Waals surface area contributed by atoms with Gasteiger partial charge < -0.3 is 19.5 Å². The number of hydrogen-bond donors (Lipinski definition) is 1. The van der Waals surface area contributed by atoms with Gasteiger partial charge in [0.2, 0.25) is 0 Å². The maximum atomic E-state index is 10.8. The van der Waals surface area contributed by atoms with Crippen LogP contribution < -0.4 is 4.74 Å². The number of rotatable bonds is 6. The number of methoxy groups -OCH3 is 1. The summed E-state index contributed by atoms with van der Waals surface area (Å²) >= 11 is 0. The number of allylic oxidation sites excluding steroid dienone is 1. The molecule has 1 aliphatic carbocycles. The van der Waals surface area contributed by atoms with Crippen molar-refractivity contribution in [3.63, 3.8) is 0 Å². The van der Waals surface area contributed by atoms with E-state index in [1.807, 2.05) is 0 Å². The van der Waals surface area contributed by atoms with Crippen molar-refractivity contribution < 1.29 is 14.6 Å². The van der Waals surface area contributed by atoms with E-state index >= 15 is 0 Å². The van der Waals surface area contributed by atoms with Crippen LogP contribution in [0.1, 0.15) is 57.9 Å². The molecular formula is C26H40N2O3. The first kappa shape index (κ1) is 22.8. The lowest BCUT2D eigenvalue weighted by Crippen LogP contribution is -2.60. The van der Waals surface area contributed by atoms with Crippen LogP contribution in [-0.2, 0) is 4.74 Å². The fourth-order valence-corrected chi connectivity index (χ4v) is 6.14. The summed E-state index contributed by atoms with van der Waals surface area (Å²) in [5.74, 6) is 1.34. The zero-order valence-electron chi connectivity index (χ0n) is 19.9. The molecule has 2 aliphatic heterocycles. The Morgan fingerprint density at radius 3 is 2.61 bits per heavy atom. The van der Waals surface area contributed by atoms with Gasteiger partial charge in [-0.2, -0.15) is 0 Å². The van der Waals surface area contributed by atoms with E-state index in [0.717, 1.165) is 44.5 Å². The Hall–Kier alpha value is -1.40. The Morgan fingerprint density at radius 2 is 1.97 bits per heavy atom. The molecule has 2 heterocycles. The highest BCUT2D eigenvalue weighted by Gasteiger charge is 2.56. The van der Waals surface area contributed by atoms with Crippen LogP contribution in [0.4, 0.5) is 0 Å². The summed E-state index contributed by atoms with van der Waals surface area (Å²) in [5.41, 5.74) is 2.74. The molecule has 2 saturated heterocycles. The molecule has 7 unspecified atom stereocenters. The maximum Gasteiger partial charge on any atom is 0.119 e. The van der Waals surface area contributed by atoms with E-state index in [1.54, 1.807) is 7.11 Å². The highest BCUT2D eigenvalue weighted by molar-refractivity contribution is 5.31. The third-order valence-corrected chi connectivity index (χ3v) is 8.07. The largest absolute Gasteiger partial charge is 0.490 e. The molecule has 5 heteroatoms. The molecule has 1 N–H and O–H groups in total. The van der Waals surface area contributed by atoms with Crippen LogP contribution in [0, 0.1) is 0 Å². The van der Waals surface area contributed by atoms with Gasteiger partial charge in [-0.3, -0.25) is 4.90 Å². The van der Waals surface area contributed by atoms with Crippen molar-refractivity contribution in [2.75, 3.05) is 33.9 Å². The molecule has 5 nitrogen and oxygen atoms in total. The number of ether oxygens (including phenoxy) is 2. The average Bonchev–Trinajstić information content (AvgIpc) is 3.05. The van der Waals surface area contributed by atoms with Gasteiger partial charge in [-0.25, -0.2) is 0 Å². The topological polar surface area (TPSA) is 45.2 Å². The lowest BCUT2D eigenvalue weighted by molar-refractivity contribution is -0.0898. The summed E-state index contributed by atoms with van der Waals surface area (Å²) in [6, 6.07) is 9.72. The van der Waals surface area contributed by atoms with Crippen molar-refractivity contribution in [2.45, 2.75) is 82.2 Å². The fourth-order valence-electron chi connectivity index (χ4n) is 6.14. The zero-order valence-corrected chi connectivity index (χ0v) is 19.9. The predicted molar refractivity (Wildman–Crippen MR) is 125 cm³/mol. The first-order valence-electron chi connectivity index (χ1n) is 11.9. The molecular weight excluding hydrogens is 388 g/mol. The smallest absolute Gasteiger partial charge is 0.119 e. The molecule has 1 saturated carbocycles. The van der Waals surface area contributed by atoms with Crippen LogP contribution in [0.15, 0.2) is 35.9 Å². The molecule has 0 aromatic heterocycles. The van der Waals surface area contributed by atoms with Crippen molar-refractivity contribution in [3.8, 4) is 5.75 Å². The number of nitrogens with zero attached hydrogens (tertiary/aromatic N) is 2. The molecule has 1 spiro atoms. The van der Waals surface area contributed by atoms with Crippen LogP contribution in [0.3, 0.4) is 0 Å². The zero-order chi connectivity index (χ0) is 22.2. The molecule has 3 fully saturated rings. The normalized spacial score (nSPS) is 36.4. The van der Waals surface area contributed by atoms with E-state index < -0.39 is 0 Å². The van der Waals surface area contributed by atoms with Gasteiger partial charge in [0.25, 0.3) is 0 Å². The number of piperazine rings is 1. The second-order valence-corrected chi connectivity index (χ2v) is 10.3. The second-order valence-electron chi connectivity index (χ2n) is 10.3. The SMILES string of the molecule is COC1CCC2(CC1O)CC1CN2C(C(C)c2ccc(OCC=C(C)C)cc2)CN1C. The Kier molecular flexibility index (Phi) is 6.78. The molecule has 1 aromatic rings. The Bertz CT molecular complexity index is 775. The number of likely N-dealkylation sites (N-methyl/N-ethyl adjacent to an activating group) is 1. The van der Waals surface area contributed by atoms with Crippen molar-refractivity contribution in [1.82, 2.24) is 9.80 Å². The second kappa shape index (κ2) is 9.22. The van der Waals surface area contributed by atoms with Gasteiger partial charge in [0.15, 0.2) is 0 Å². The van der Waals surface area contributed by atoms with Crippen LogP contribution in [0.2, 0.25) is 0 Å². The Morgan fingerprint density at radius 1 is 1.23 bits per heavy atom. The standard InChI is InChI=1S/C26H40N2O3/c1-18(2)11-13-31-22-8-6-20(7-9-22)19(3)23-17-27(4)21-14-26(28(23)16-21)12-10-25(30-5)24(29)15-26/h6-9,11,19,21,23-25,29H,10,12-17H2,1-5H3. The van der Waals surface area contributed by atoms with Gasteiger partial charge in [0, 0.05) is 37.8 Å². The van der Waals surface area contributed by atoms with Crippen molar-refractivity contribution in [3.05, 3.63) is 41.5 Å². The van der Waals surface area contributed by atoms with Crippen LogP contribution in [-0.4, -0.2) is 78.6 Å². The summed E-state index contributed by atoms with van der Waals surface area (Å²) in [4.78, 5) is 5.31. The van der Waals surface area contributed by atoms with Crippen molar-refractivity contribution in [2.24, 2.45) is 0 Å². The molecule has 2 bridgehead atoms. The summed E-state index contributed by atoms with van der Waals surface area (Å²) in [6.45, 7) is 9.35. The molecule has 172 valence electrons. The predicted octanol–water partition coefficient (Wildman–Crippen LogP) is 3.82. The Balaban J connectivity index is 1.50. The third-order valence-electron chi connectivity index (χ3n) is 8.07. The minimum absolute atomic E-state index is 0.0141. The summed E-state index contributed by atoms with van der Waals surface area (Å²) in [7, 11) is 4.00. The van der Waals surface area contributed by atoms with Gasteiger partial charge in [-0.05, 0) is 76.3 Å². The van der Waals surface area contributed by atoms with E-state index in [2.05, 4.69) is 68.0 Å².